The van der Waals surface area contributed by atoms with Gasteiger partial charge in [0, 0.05) is 13.1 Å². The third kappa shape index (κ3) is 3.34. The predicted molar refractivity (Wildman–Crippen MR) is 73.5 cm³/mol. The Morgan fingerprint density at radius 2 is 2.28 bits per heavy atom. The van der Waals surface area contributed by atoms with E-state index in [4.69, 9.17) is 17.4 Å². The molecular weight excluding hydrogens is 252 g/mol. The first kappa shape index (κ1) is 14.7. The Kier molecular flexibility index (Phi) is 5.37. The van der Waals surface area contributed by atoms with Gasteiger partial charge in [0.2, 0.25) is 0 Å². The monoisotopic (exact) mass is 270 g/mol. The summed E-state index contributed by atoms with van der Waals surface area (Å²) in [6.07, 6.45) is 1.96. The second kappa shape index (κ2) is 6.56. The molecule has 0 aliphatic heterocycles. The Balaban J connectivity index is 2.95. The largest absolute Gasteiger partial charge is 0.338 e. The first-order valence-corrected chi connectivity index (χ1v) is 6.29. The molecule has 0 aliphatic carbocycles. The number of hydrogen-bond donors (Lipinski definition) is 2. The summed E-state index contributed by atoms with van der Waals surface area (Å²) in [5.41, 5.74) is 2.62. The third-order valence-corrected chi connectivity index (χ3v) is 3.19. The normalized spacial score (nSPS) is 12.1. The fourth-order valence-corrected chi connectivity index (χ4v) is 1.84. The van der Waals surface area contributed by atoms with Gasteiger partial charge in [-0.15, -0.1) is 0 Å². The minimum Gasteiger partial charge on any atom is -0.338 e. The van der Waals surface area contributed by atoms with Crippen molar-refractivity contribution in [1.29, 1.82) is 0 Å². The first-order valence-electron chi connectivity index (χ1n) is 5.91. The highest BCUT2D eigenvalue weighted by atomic mass is 35.5. The zero-order chi connectivity index (χ0) is 13.7. The summed E-state index contributed by atoms with van der Waals surface area (Å²) in [6.45, 7) is 4.08. The van der Waals surface area contributed by atoms with E-state index in [1.165, 1.54) is 0 Å². The highest BCUT2D eigenvalue weighted by Gasteiger charge is 2.21. The van der Waals surface area contributed by atoms with Gasteiger partial charge in [-0.3, -0.25) is 4.79 Å². The lowest BCUT2D eigenvalue weighted by Gasteiger charge is -2.24. The maximum Gasteiger partial charge on any atom is 0.274 e. The molecule has 5 nitrogen and oxygen atoms in total. The number of hydrazine groups is 1. The second-order valence-electron chi connectivity index (χ2n) is 4.23. The molecule has 18 heavy (non-hydrogen) atoms. The summed E-state index contributed by atoms with van der Waals surface area (Å²) in [4.78, 5) is 18.0. The van der Waals surface area contributed by atoms with Crippen LogP contribution in [0, 0.1) is 0 Å². The molecule has 1 unspecified atom stereocenters. The second-order valence-corrected chi connectivity index (χ2v) is 4.63. The lowest BCUT2D eigenvalue weighted by molar-refractivity contribution is 0.0731. The smallest absolute Gasteiger partial charge is 0.274 e. The zero-order valence-corrected chi connectivity index (χ0v) is 11.7. The predicted octanol–water partition coefficient (Wildman–Crippen LogP) is 2.28. The highest BCUT2D eigenvalue weighted by molar-refractivity contribution is 6.33. The third-order valence-electron chi connectivity index (χ3n) is 2.88. The quantitative estimate of drug-likeness (QED) is 0.636. The number of nitrogens with zero attached hydrogens (tertiary/aromatic N) is 2. The molecule has 0 aliphatic rings. The number of nitrogen functional groups attached to an aromatic ring is 1. The summed E-state index contributed by atoms with van der Waals surface area (Å²) in [5.74, 6) is 5.49. The van der Waals surface area contributed by atoms with Crippen molar-refractivity contribution < 1.29 is 4.79 Å². The lowest BCUT2D eigenvalue weighted by atomic mass is 10.1. The molecule has 1 heterocycles. The number of nitrogens with two attached hydrogens (primary N) is 1. The molecule has 1 aromatic heterocycles. The van der Waals surface area contributed by atoms with E-state index in [-0.39, 0.29) is 17.6 Å². The van der Waals surface area contributed by atoms with E-state index in [2.05, 4.69) is 17.3 Å². The Labute approximate surface area is 112 Å². The van der Waals surface area contributed by atoms with Crippen molar-refractivity contribution >= 4 is 23.3 Å². The molecule has 0 saturated heterocycles. The number of carbonyl (C=O) groups excluding carboxylic acids is 1. The number of rotatable bonds is 5. The maximum absolute atomic E-state index is 12.3. The van der Waals surface area contributed by atoms with Gasteiger partial charge >= 0.3 is 0 Å². The molecule has 0 fully saturated rings. The van der Waals surface area contributed by atoms with Crippen molar-refractivity contribution in [3.8, 4) is 0 Å². The van der Waals surface area contributed by atoms with E-state index in [1.807, 2.05) is 6.92 Å². The van der Waals surface area contributed by atoms with Gasteiger partial charge < -0.3 is 10.3 Å². The fourth-order valence-electron chi connectivity index (χ4n) is 1.65. The van der Waals surface area contributed by atoms with Gasteiger partial charge in [0.25, 0.3) is 5.91 Å². The summed E-state index contributed by atoms with van der Waals surface area (Å²) in [6, 6.07) is 3.37. The number of carbonyl (C=O) groups is 1. The van der Waals surface area contributed by atoms with Gasteiger partial charge in [-0.25, -0.2) is 10.8 Å². The van der Waals surface area contributed by atoms with Gasteiger partial charge in [-0.05, 0) is 25.5 Å². The van der Waals surface area contributed by atoms with Crippen LogP contribution in [0.5, 0.6) is 0 Å². The van der Waals surface area contributed by atoms with Gasteiger partial charge in [-0.2, -0.15) is 0 Å². The van der Waals surface area contributed by atoms with Crippen molar-refractivity contribution in [3.05, 3.63) is 22.8 Å². The van der Waals surface area contributed by atoms with Crippen LogP contribution in [0.3, 0.4) is 0 Å². The molecule has 1 rings (SSSR count). The minimum atomic E-state index is -0.196. The van der Waals surface area contributed by atoms with Gasteiger partial charge in [0.1, 0.15) is 11.5 Å². The molecule has 0 saturated carbocycles. The van der Waals surface area contributed by atoms with Crippen molar-refractivity contribution in [3.63, 3.8) is 0 Å². The molecule has 1 amide bonds. The average molecular weight is 271 g/mol. The van der Waals surface area contributed by atoms with E-state index in [0.29, 0.717) is 10.8 Å². The highest BCUT2D eigenvalue weighted by Crippen LogP contribution is 2.19. The first-order chi connectivity index (χ1) is 8.51. The summed E-state index contributed by atoms with van der Waals surface area (Å²) < 4.78 is 0. The van der Waals surface area contributed by atoms with Crippen molar-refractivity contribution in [1.82, 2.24) is 9.88 Å². The number of hydrogen-bond acceptors (Lipinski definition) is 4. The summed E-state index contributed by atoms with van der Waals surface area (Å²) in [7, 11) is 1.75. The van der Waals surface area contributed by atoms with Crippen LogP contribution in [0.2, 0.25) is 5.02 Å². The van der Waals surface area contributed by atoms with Crippen LogP contribution < -0.4 is 11.3 Å². The maximum atomic E-state index is 12.3. The minimum absolute atomic E-state index is 0.148. The van der Waals surface area contributed by atoms with E-state index in [9.17, 15) is 4.79 Å². The standard InChI is InChI=1S/C12H19ClN4O/c1-4-5-8(2)17(3)12(18)11-9(13)6-7-10(15-11)16-14/h6-8H,4-5,14H2,1-3H3,(H,15,16). The number of anilines is 1. The molecule has 0 bridgehead atoms. The van der Waals surface area contributed by atoms with Crippen LogP contribution in [0.15, 0.2) is 12.1 Å². The number of halogens is 1. The lowest BCUT2D eigenvalue weighted by Crippen LogP contribution is -2.35. The van der Waals surface area contributed by atoms with E-state index >= 15 is 0 Å². The van der Waals surface area contributed by atoms with Crippen molar-refractivity contribution in [2.45, 2.75) is 32.7 Å². The molecule has 100 valence electrons. The molecule has 0 spiro atoms. The molecule has 0 aromatic carbocycles. The summed E-state index contributed by atoms with van der Waals surface area (Å²) >= 11 is 6.00. The Morgan fingerprint density at radius 3 is 2.83 bits per heavy atom. The van der Waals surface area contributed by atoms with Crippen LogP contribution in [-0.4, -0.2) is 28.9 Å². The molecular formula is C12H19ClN4O. The Morgan fingerprint density at radius 1 is 1.61 bits per heavy atom. The van der Waals surface area contributed by atoms with Gasteiger partial charge in [-0.1, -0.05) is 24.9 Å². The molecule has 1 atom stereocenters. The van der Waals surface area contributed by atoms with Gasteiger partial charge in [0.15, 0.2) is 0 Å². The van der Waals surface area contributed by atoms with E-state index < -0.39 is 0 Å². The molecule has 1 aromatic rings. The SMILES string of the molecule is CCCC(C)N(C)C(=O)c1nc(NN)ccc1Cl. The summed E-state index contributed by atoms with van der Waals surface area (Å²) in [5, 5.41) is 0.328. The Hall–Kier alpha value is -1.33. The van der Waals surface area contributed by atoms with Crippen LogP contribution in [0.25, 0.3) is 0 Å². The van der Waals surface area contributed by atoms with Crippen LogP contribution in [-0.2, 0) is 0 Å². The van der Waals surface area contributed by atoms with Crippen LogP contribution >= 0.6 is 11.6 Å². The average Bonchev–Trinajstić information content (AvgIpc) is 2.38. The Bertz CT molecular complexity index is 425. The topological polar surface area (TPSA) is 71.2 Å². The van der Waals surface area contributed by atoms with Crippen molar-refractivity contribution in [2.75, 3.05) is 12.5 Å². The van der Waals surface area contributed by atoms with E-state index in [0.717, 1.165) is 12.8 Å². The number of amides is 1. The van der Waals surface area contributed by atoms with Crippen LogP contribution in [0.1, 0.15) is 37.2 Å². The van der Waals surface area contributed by atoms with Crippen LogP contribution in [0.4, 0.5) is 5.82 Å². The van der Waals surface area contributed by atoms with Crippen molar-refractivity contribution in [2.24, 2.45) is 5.84 Å². The number of nitrogens with one attached hydrogen (secondary N) is 1. The zero-order valence-electron chi connectivity index (χ0n) is 10.9. The molecule has 0 radical (unpaired) electrons. The molecule has 3 N–H and O–H groups in total. The number of aromatic nitrogens is 1. The van der Waals surface area contributed by atoms with Gasteiger partial charge in [0.05, 0.1) is 5.02 Å². The molecule has 6 heteroatoms. The number of pyridine rings is 1. The van der Waals surface area contributed by atoms with E-state index in [1.54, 1.807) is 24.1 Å². The fraction of sp³-hybridized carbons (Fsp3) is 0.500.